The number of hydrogen-bond donors (Lipinski definition) is 2. The van der Waals surface area contributed by atoms with Crippen LogP contribution in [0.25, 0.3) is 0 Å². The van der Waals surface area contributed by atoms with Crippen molar-refractivity contribution in [3.63, 3.8) is 0 Å². The van der Waals surface area contributed by atoms with Crippen molar-refractivity contribution in [3.8, 4) is 0 Å². The van der Waals surface area contributed by atoms with Gasteiger partial charge >= 0.3 is 12.1 Å². The molecule has 0 amide bonds. The average molecular weight is 251 g/mol. The molecule has 1 aliphatic heterocycles. The largest absolute Gasteiger partial charge is 0.481 e. The highest BCUT2D eigenvalue weighted by Gasteiger charge is 2.72. The van der Waals surface area contributed by atoms with Gasteiger partial charge in [-0.25, -0.2) is 9.13 Å². The fourth-order valence-electron chi connectivity index (χ4n) is 2.23. The van der Waals surface area contributed by atoms with Crippen LogP contribution in [0.4, 0.5) is 13.2 Å². The fraction of sp³-hybridized carbons (Fsp3) is 0.556. The highest BCUT2D eigenvalue weighted by Crippen LogP contribution is 2.47. The van der Waals surface area contributed by atoms with Crippen LogP contribution in [0.5, 0.6) is 0 Å². The Hall–Kier alpha value is -1.57. The Kier molecular flexibility index (Phi) is 2.25. The molecule has 0 radical (unpaired) electrons. The van der Waals surface area contributed by atoms with E-state index in [-0.39, 0.29) is 0 Å². The first-order chi connectivity index (χ1) is 7.69. The number of fused-ring (bicyclic) bond motifs is 1. The Labute approximate surface area is 93.7 Å². The molecule has 5 nitrogen and oxygen atoms in total. The van der Waals surface area contributed by atoms with E-state index < -0.39 is 36.0 Å². The van der Waals surface area contributed by atoms with Gasteiger partial charge in [0.1, 0.15) is 24.9 Å². The maximum Gasteiger partial charge on any atom is 0.430 e. The minimum Gasteiger partial charge on any atom is -0.481 e. The summed E-state index contributed by atoms with van der Waals surface area (Å²) in [7, 11) is 1.33. The first kappa shape index (κ1) is 11.9. The number of rotatable bonds is 1. The molecule has 0 saturated carbocycles. The molecule has 0 saturated heterocycles. The molecule has 0 spiro atoms. The Morgan fingerprint density at radius 2 is 2.24 bits per heavy atom. The average Bonchev–Trinajstić information content (AvgIpc) is 2.66. The third-order valence-corrected chi connectivity index (χ3v) is 3.03. The topological polar surface area (TPSA) is 66.3 Å². The second-order valence-corrected chi connectivity index (χ2v) is 4.04. The number of aliphatic hydroxyl groups is 1. The lowest BCUT2D eigenvalue weighted by Crippen LogP contribution is -2.54. The van der Waals surface area contributed by atoms with Crippen LogP contribution in [-0.2, 0) is 24.0 Å². The van der Waals surface area contributed by atoms with Crippen molar-refractivity contribution in [1.82, 2.24) is 4.57 Å². The normalized spacial score (nSPS) is 28.2. The molecule has 2 N–H and O–H groups in total. The van der Waals surface area contributed by atoms with Crippen molar-refractivity contribution in [2.75, 3.05) is 0 Å². The van der Waals surface area contributed by atoms with Gasteiger partial charge in [0.25, 0.3) is 11.4 Å². The Morgan fingerprint density at radius 3 is 2.71 bits per heavy atom. The number of aromatic nitrogens is 2. The standard InChI is InChI=1S/C9H9F3N2O3/c1-13-2-3-14-4-5(6(15)16)8(17,7(13)14)9(10,11)12/h2-3,5,17H,4H2,1H3/p+1/t5-,8+/m0/s1. The number of hydrogen-bond acceptors (Lipinski definition) is 2. The Bertz CT molecular complexity index is 482. The minimum atomic E-state index is -5.04. The minimum absolute atomic E-state index is 0.401. The molecular formula is C9H10F3N2O3+. The van der Waals surface area contributed by atoms with E-state index in [2.05, 4.69) is 0 Å². The fourth-order valence-corrected chi connectivity index (χ4v) is 2.23. The summed E-state index contributed by atoms with van der Waals surface area (Å²) in [6.45, 7) is -0.401. The van der Waals surface area contributed by atoms with Gasteiger partial charge < -0.3 is 10.2 Å². The summed E-state index contributed by atoms with van der Waals surface area (Å²) in [5, 5.41) is 18.6. The number of carbonyl (C=O) groups is 1. The van der Waals surface area contributed by atoms with Gasteiger partial charge in [0.05, 0.1) is 7.05 Å². The van der Waals surface area contributed by atoms with E-state index in [9.17, 15) is 23.1 Å². The zero-order valence-electron chi connectivity index (χ0n) is 8.77. The summed E-state index contributed by atoms with van der Waals surface area (Å²) in [6, 6.07) is 0. The molecular weight excluding hydrogens is 241 g/mol. The molecule has 17 heavy (non-hydrogen) atoms. The predicted molar refractivity (Wildman–Crippen MR) is 46.7 cm³/mol. The van der Waals surface area contributed by atoms with Gasteiger partial charge in [0, 0.05) is 0 Å². The maximum absolute atomic E-state index is 13.0. The lowest BCUT2D eigenvalue weighted by Gasteiger charge is -2.26. The molecule has 0 aliphatic carbocycles. The SMILES string of the molecule is C[n+]1ccn2c1[C@@](O)(C(F)(F)F)[C@H](C(=O)O)C2. The van der Waals surface area contributed by atoms with Crippen LogP contribution >= 0.6 is 0 Å². The Morgan fingerprint density at radius 1 is 1.65 bits per heavy atom. The highest BCUT2D eigenvalue weighted by atomic mass is 19.4. The van der Waals surface area contributed by atoms with E-state index in [0.717, 1.165) is 9.13 Å². The number of carboxylic acids is 1. The van der Waals surface area contributed by atoms with Gasteiger partial charge in [-0.15, -0.1) is 0 Å². The lowest BCUT2D eigenvalue weighted by atomic mass is 9.88. The van der Waals surface area contributed by atoms with E-state index in [4.69, 9.17) is 5.11 Å². The number of nitrogens with zero attached hydrogens (tertiary/aromatic N) is 2. The molecule has 0 unspecified atom stereocenters. The molecule has 0 bridgehead atoms. The van der Waals surface area contributed by atoms with E-state index in [1.54, 1.807) is 0 Å². The molecule has 0 aromatic carbocycles. The molecule has 1 aliphatic rings. The number of carboxylic acid groups (broad SMARTS) is 1. The monoisotopic (exact) mass is 251 g/mol. The van der Waals surface area contributed by atoms with Crippen molar-refractivity contribution < 1.29 is 32.7 Å². The molecule has 2 atom stereocenters. The van der Waals surface area contributed by atoms with E-state index in [0.29, 0.717) is 0 Å². The molecule has 1 aromatic rings. The van der Waals surface area contributed by atoms with Crippen LogP contribution in [0.3, 0.4) is 0 Å². The third kappa shape index (κ3) is 1.36. The second kappa shape index (κ2) is 3.22. The van der Waals surface area contributed by atoms with Crippen molar-refractivity contribution >= 4 is 5.97 Å². The van der Waals surface area contributed by atoms with E-state index in [1.165, 1.54) is 19.4 Å². The number of aryl methyl sites for hydroxylation is 1. The zero-order chi connectivity index (χ0) is 13.0. The second-order valence-electron chi connectivity index (χ2n) is 4.04. The molecule has 0 fully saturated rings. The summed E-state index contributed by atoms with van der Waals surface area (Å²) in [5.74, 6) is -4.06. The van der Waals surface area contributed by atoms with Crippen LogP contribution in [0.15, 0.2) is 12.4 Å². The first-order valence-corrected chi connectivity index (χ1v) is 4.76. The Balaban J connectivity index is 2.65. The summed E-state index contributed by atoms with van der Waals surface area (Å²) >= 11 is 0. The quantitative estimate of drug-likeness (QED) is 0.678. The van der Waals surface area contributed by atoms with E-state index in [1.807, 2.05) is 0 Å². The summed E-state index contributed by atoms with van der Waals surface area (Å²) < 4.78 is 41.0. The van der Waals surface area contributed by atoms with Gasteiger partial charge in [-0.3, -0.25) is 4.79 Å². The molecule has 2 rings (SSSR count). The van der Waals surface area contributed by atoms with Gasteiger partial charge in [0.2, 0.25) is 0 Å². The van der Waals surface area contributed by atoms with Gasteiger partial charge in [-0.2, -0.15) is 13.2 Å². The van der Waals surface area contributed by atoms with E-state index >= 15 is 0 Å². The van der Waals surface area contributed by atoms with Crippen LogP contribution < -0.4 is 4.57 Å². The van der Waals surface area contributed by atoms with Crippen LogP contribution in [0, 0.1) is 5.92 Å². The predicted octanol–water partition coefficient (Wildman–Crippen LogP) is -0.223. The first-order valence-electron chi connectivity index (χ1n) is 4.76. The summed E-state index contributed by atoms with van der Waals surface area (Å²) in [5.41, 5.74) is -3.35. The van der Waals surface area contributed by atoms with Crippen molar-refractivity contribution in [2.24, 2.45) is 13.0 Å². The van der Waals surface area contributed by atoms with Crippen molar-refractivity contribution in [1.29, 1.82) is 0 Å². The maximum atomic E-state index is 13.0. The number of alkyl halides is 3. The molecule has 94 valence electrons. The number of imidazole rings is 1. The number of halogens is 3. The van der Waals surface area contributed by atoms with Crippen molar-refractivity contribution in [2.45, 2.75) is 18.3 Å². The van der Waals surface area contributed by atoms with Crippen LogP contribution in [0.2, 0.25) is 0 Å². The zero-order valence-corrected chi connectivity index (χ0v) is 8.77. The molecule has 2 heterocycles. The smallest absolute Gasteiger partial charge is 0.430 e. The summed E-state index contributed by atoms with van der Waals surface area (Å²) in [6.07, 6.45) is -2.39. The van der Waals surface area contributed by atoms with Crippen LogP contribution in [-0.4, -0.2) is 26.9 Å². The third-order valence-electron chi connectivity index (χ3n) is 3.03. The lowest BCUT2D eigenvalue weighted by molar-refractivity contribution is -0.688. The van der Waals surface area contributed by atoms with Gasteiger partial charge in [0.15, 0.2) is 0 Å². The van der Waals surface area contributed by atoms with Crippen molar-refractivity contribution in [3.05, 3.63) is 18.2 Å². The summed E-state index contributed by atoms with van der Waals surface area (Å²) in [4.78, 5) is 10.9. The van der Waals surface area contributed by atoms with Crippen LogP contribution in [0.1, 0.15) is 5.82 Å². The molecule has 1 aromatic heterocycles. The highest BCUT2D eigenvalue weighted by molar-refractivity contribution is 5.72. The number of aliphatic carboxylic acids is 1. The van der Waals surface area contributed by atoms with Gasteiger partial charge in [-0.05, 0) is 0 Å². The van der Waals surface area contributed by atoms with Gasteiger partial charge in [-0.1, -0.05) is 0 Å². The molecule has 8 heteroatoms.